The topological polar surface area (TPSA) is 66.8 Å². The average Bonchev–Trinajstić information content (AvgIpc) is 2.62. The van der Waals surface area contributed by atoms with Gasteiger partial charge in [-0.2, -0.15) is 0 Å². The number of carbonyl (C=O) groups is 2. The summed E-state index contributed by atoms with van der Waals surface area (Å²) in [6.07, 6.45) is 1.27. The fourth-order valence-electron chi connectivity index (χ4n) is 2.14. The monoisotopic (exact) mass is 257 g/mol. The number of carboxylic acid groups (broad SMARTS) is 1. The normalized spacial score (nSPS) is 24.0. The third kappa shape index (κ3) is 3.98. The minimum Gasteiger partial charge on any atom is -0.481 e. The molecular formula is C13H23NO4. The van der Waals surface area contributed by atoms with Crippen molar-refractivity contribution in [3.8, 4) is 0 Å². The summed E-state index contributed by atoms with van der Waals surface area (Å²) in [5.41, 5.74) is -0.387. The van der Waals surface area contributed by atoms with E-state index in [1.54, 1.807) is 4.90 Å². The lowest BCUT2D eigenvalue weighted by molar-refractivity contribution is -0.149. The summed E-state index contributed by atoms with van der Waals surface area (Å²) in [6, 6.07) is 0. The van der Waals surface area contributed by atoms with Crippen molar-refractivity contribution >= 4 is 11.9 Å². The van der Waals surface area contributed by atoms with Crippen molar-refractivity contribution in [1.82, 2.24) is 4.90 Å². The van der Waals surface area contributed by atoms with Gasteiger partial charge in [-0.3, -0.25) is 9.59 Å². The Morgan fingerprint density at radius 2 is 1.94 bits per heavy atom. The van der Waals surface area contributed by atoms with Crippen molar-refractivity contribution in [2.45, 2.75) is 64.7 Å². The third-order valence-electron chi connectivity index (χ3n) is 3.13. The highest BCUT2D eigenvalue weighted by Gasteiger charge is 2.36. The van der Waals surface area contributed by atoms with Crippen molar-refractivity contribution < 1.29 is 19.4 Å². The lowest BCUT2D eigenvalue weighted by Gasteiger charge is -2.37. The molecule has 0 bridgehead atoms. The molecule has 1 N–H and O–H groups in total. The molecule has 1 aliphatic heterocycles. The molecule has 2 atom stereocenters. The highest BCUT2D eigenvalue weighted by Crippen LogP contribution is 2.24. The van der Waals surface area contributed by atoms with Crippen LogP contribution in [0.5, 0.6) is 0 Å². The number of nitrogens with zero attached hydrogens (tertiary/aromatic N) is 1. The molecule has 1 aliphatic rings. The molecule has 1 amide bonds. The minimum absolute atomic E-state index is 0.0364. The maximum atomic E-state index is 12.4. The number of carbonyl (C=O) groups excluding carboxylic acids is 1. The quantitative estimate of drug-likeness (QED) is 0.831. The van der Waals surface area contributed by atoms with Crippen LogP contribution in [0.4, 0.5) is 0 Å². The van der Waals surface area contributed by atoms with E-state index in [-0.39, 0.29) is 30.5 Å². The van der Waals surface area contributed by atoms with E-state index in [0.29, 0.717) is 0 Å². The molecule has 0 aromatic rings. The molecule has 1 heterocycles. The van der Waals surface area contributed by atoms with Crippen LogP contribution in [0.3, 0.4) is 0 Å². The van der Waals surface area contributed by atoms with Gasteiger partial charge in [0.05, 0.1) is 12.5 Å². The first-order valence-electron chi connectivity index (χ1n) is 6.40. The summed E-state index contributed by atoms with van der Waals surface area (Å²) in [7, 11) is 0. The lowest BCUT2D eigenvalue weighted by atomic mass is 10.0. The molecule has 0 aromatic heterocycles. The number of amides is 1. The predicted molar refractivity (Wildman–Crippen MR) is 67.3 cm³/mol. The van der Waals surface area contributed by atoms with Gasteiger partial charge in [-0.15, -0.1) is 0 Å². The van der Waals surface area contributed by atoms with Gasteiger partial charge in [0.15, 0.2) is 0 Å². The Hall–Kier alpha value is -1.10. The van der Waals surface area contributed by atoms with E-state index in [4.69, 9.17) is 9.84 Å². The van der Waals surface area contributed by atoms with Crippen LogP contribution in [-0.4, -0.2) is 46.2 Å². The van der Waals surface area contributed by atoms with E-state index in [1.807, 2.05) is 27.7 Å². The van der Waals surface area contributed by atoms with Gasteiger partial charge in [0.1, 0.15) is 6.10 Å². The molecule has 18 heavy (non-hydrogen) atoms. The summed E-state index contributed by atoms with van der Waals surface area (Å²) in [5.74, 6) is -0.981. The number of ether oxygens (including phenoxy) is 1. The Morgan fingerprint density at radius 1 is 1.33 bits per heavy atom. The molecule has 0 spiro atoms. The Labute approximate surface area is 108 Å². The molecule has 0 aromatic carbocycles. The van der Waals surface area contributed by atoms with Gasteiger partial charge in [-0.25, -0.2) is 0 Å². The number of hydrogen-bond donors (Lipinski definition) is 1. The number of carboxylic acids is 1. The van der Waals surface area contributed by atoms with Gasteiger partial charge in [0, 0.05) is 12.1 Å². The SMILES string of the molecule is CC1CCC(C(=O)N(CCC(=O)O)C(C)(C)C)O1. The maximum absolute atomic E-state index is 12.4. The number of aliphatic carboxylic acids is 1. The zero-order valence-corrected chi connectivity index (χ0v) is 11.6. The Kier molecular flexibility index (Phi) is 4.73. The standard InChI is InChI=1S/C13H23NO4/c1-9-5-6-10(18-9)12(17)14(13(2,3)4)8-7-11(15)16/h9-10H,5-8H2,1-4H3,(H,15,16). The second-order valence-electron chi connectivity index (χ2n) is 5.82. The Bertz CT molecular complexity index is 321. The highest BCUT2D eigenvalue weighted by atomic mass is 16.5. The predicted octanol–water partition coefficient (Wildman–Crippen LogP) is 1.66. The Balaban J connectivity index is 2.70. The smallest absolute Gasteiger partial charge is 0.305 e. The van der Waals surface area contributed by atoms with Gasteiger partial charge in [0.2, 0.25) is 0 Å². The van der Waals surface area contributed by atoms with Gasteiger partial charge in [-0.1, -0.05) is 0 Å². The molecule has 1 rings (SSSR count). The van der Waals surface area contributed by atoms with Crippen LogP contribution in [0.2, 0.25) is 0 Å². The molecule has 0 saturated carbocycles. The van der Waals surface area contributed by atoms with Crippen LogP contribution in [-0.2, 0) is 14.3 Å². The minimum atomic E-state index is -0.891. The number of hydrogen-bond acceptors (Lipinski definition) is 3. The van der Waals surface area contributed by atoms with Crippen LogP contribution >= 0.6 is 0 Å². The third-order valence-corrected chi connectivity index (χ3v) is 3.13. The Morgan fingerprint density at radius 3 is 2.33 bits per heavy atom. The first-order valence-corrected chi connectivity index (χ1v) is 6.40. The molecule has 104 valence electrons. The summed E-state index contributed by atoms with van der Waals surface area (Å²) in [4.78, 5) is 24.6. The van der Waals surface area contributed by atoms with Crippen LogP contribution < -0.4 is 0 Å². The van der Waals surface area contributed by atoms with Crippen molar-refractivity contribution in [2.24, 2.45) is 0 Å². The lowest BCUT2D eigenvalue weighted by Crippen LogP contribution is -2.50. The second kappa shape index (κ2) is 5.69. The average molecular weight is 257 g/mol. The van der Waals surface area contributed by atoms with E-state index < -0.39 is 12.1 Å². The molecule has 2 unspecified atom stereocenters. The van der Waals surface area contributed by atoms with Gasteiger partial charge >= 0.3 is 5.97 Å². The van der Waals surface area contributed by atoms with E-state index in [2.05, 4.69) is 0 Å². The first kappa shape index (κ1) is 15.0. The molecule has 0 aliphatic carbocycles. The maximum Gasteiger partial charge on any atom is 0.305 e. The zero-order chi connectivity index (χ0) is 13.9. The van der Waals surface area contributed by atoms with Crippen molar-refractivity contribution in [3.05, 3.63) is 0 Å². The summed E-state index contributed by atoms with van der Waals surface area (Å²) in [6.45, 7) is 7.90. The molecule has 0 radical (unpaired) electrons. The number of rotatable bonds is 4. The fourth-order valence-corrected chi connectivity index (χ4v) is 2.14. The van der Waals surface area contributed by atoms with Crippen LogP contribution in [0.25, 0.3) is 0 Å². The first-order chi connectivity index (χ1) is 8.21. The summed E-state index contributed by atoms with van der Waals surface area (Å²) < 4.78 is 5.57. The molecule has 1 fully saturated rings. The van der Waals surface area contributed by atoms with Crippen molar-refractivity contribution in [2.75, 3.05) is 6.54 Å². The zero-order valence-electron chi connectivity index (χ0n) is 11.6. The molecule has 1 saturated heterocycles. The van der Waals surface area contributed by atoms with E-state index in [1.165, 1.54) is 0 Å². The molecule has 5 nitrogen and oxygen atoms in total. The summed E-state index contributed by atoms with van der Waals surface area (Å²) in [5, 5.41) is 8.75. The van der Waals surface area contributed by atoms with Gasteiger partial charge in [-0.05, 0) is 40.5 Å². The van der Waals surface area contributed by atoms with E-state index in [0.717, 1.165) is 12.8 Å². The summed E-state index contributed by atoms with van der Waals surface area (Å²) >= 11 is 0. The fraction of sp³-hybridized carbons (Fsp3) is 0.846. The molecular weight excluding hydrogens is 234 g/mol. The van der Waals surface area contributed by atoms with Crippen LogP contribution in [0.1, 0.15) is 47.0 Å². The second-order valence-corrected chi connectivity index (χ2v) is 5.82. The van der Waals surface area contributed by atoms with E-state index in [9.17, 15) is 9.59 Å². The van der Waals surface area contributed by atoms with Crippen LogP contribution in [0.15, 0.2) is 0 Å². The largest absolute Gasteiger partial charge is 0.481 e. The van der Waals surface area contributed by atoms with Crippen molar-refractivity contribution in [1.29, 1.82) is 0 Å². The van der Waals surface area contributed by atoms with E-state index >= 15 is 0 Å². The van der Waals surface area contributed by atoms with Crippen LogP contribution in [0, 0.1) is 0 Å². The van der Waals surface area contributed by atoms with Gasteiger partial charge in [0.25, 0.3) is 5.91 Å². The van der Waals surface area contributed by atoms with Crippen molar-refractivity contribution in [3.63, 3.8) is 0 Å². The highest BCUT2D eigenvalue weighted by molar-refractivity contribution is 5.82. The molecule has 5 heteroatoms. The van der Waals surface area contributed by atoms with Gasteiger partial charge < -0.3 is 14.7 Å².